The molecule has 0 amide bonds. The fourth-order valence-electron chi connectivity index (χ4n) is 1.58. The molecule has 94 valence electrons. The number of anilines is 1. The molecule has 0 unspecified atom stereocenters. The van der Waals surface area contributed by atoms with Gasteiger partial charge in [0.15, 0.2) is 0 Å². The van der Waals surface area contributed by atoms with Crippen LogP contribution in [-0.2, 0) is 6.54 Å². The van der Waals surface area contributed by atoms with Gasteiger partial charge in [-0.15, -0.1) is 0 Å². The van der Waals surface area contributed by atoms with E-state index in [9.17, 15) is 0 Å². The first-order valence-electron chi connectivity index (χ1n) is 5.36. The summed E-state index contributed by atoms with van der Waals surface area (Å²) in [7, 11) is 0. The van der Waals surface area contributed by atoms with E-state index in [0.717, 1.165) is 15.7 Å². The summed E-state index contributed by atoms with van der Waals surface area (Å²) in [5.74, 6) is 0. The molecule has 0 aliphatic carbocycles. The van der Waals surface area contributed by atoms with Gasteiger partial charge in [0.05, 0.1) is 15.7 Å². The summed E-state index contributed by atoms with van der Waals surface area (Å²) >= 11 is 15.6. The molecule has 0 spiro atoms. The van der Waals surface area contributed by atoms with Crippen LogP contribution in [0.4, 0.5) is 5.69 Å². The summed E-state index contributed by atoms with van der Waals surface area (Å²) in [6.07, 6.45) is 3.61. The Kier molecular flexibility index (Phi) is 4.49. The smallest absolute Gasteiger partial charge is 0.0722 e. The highest BCUT2D eigenvalue weighted by Gasteiger charge is 2.07. The van der Waals surface area contributed by atoms with Crippen molar-refractivity contribution in [2.24, 2.45) is 0 Å². The van der Waals surface area contributed by atoms with E-state index in [1.54, 1.807) is 6.20 Å². The Labute approximate surface area is 124 Å². The van der Waals surface area contributed by atoms with Crippen molar-refractivity contribution in [2.75, 3.05) is 5.32 Å². The molecular formula is C13H11BrCl2N2. The molecule has 0 radical (unpaired) electrons. The molecule has 2 rings (SSSR count). The first-order valence-corrected chi connectivity index (χ1v) is 6.90. The van der Waals surface area contributed by atoms with E-state index in [0.29, 0.717) is 16.6 Å². The van der Waals surface area contributed by atoms with Crippen LogP contribution >= 0.6 is 39.1 Å². The average Bonchev–Trinajstić information content (AvgIpc) is 2.30. The Morgan fingerprint density at radius 3 is 2.56 bits per heavy atom. The number of hydrogen-bond donors (Lipinski definition) is 1. The third-order valence-corrected chi connectivity index (χ3v) is 3.66. The summed E-state index contributed by atoms with van der Waals surface area (Å²) < 4.78 is 0.862. The lowest BCUT2D eigenvalue weighted by molar-refractivity contribution is 1.08. The maximum Gasteiger partial charge on any atom is 0.0722 e. The predicted octanol–water partition coefficient (Wildman–Crippen LogP) is 5.07. The van der Waals surface area contributed by atoms with Gasteiger partial charge in [-0.1, -0.05) is 39.1 Å². The van der Waals surface area contributed by atoms with Gasteiger partial charge in [-0.2, -0.15) is 0 Å². The highest BCUT2D eigenvalue weighted by atomic mass is 79.9. The van der Waals surface area contributed by atoms with Crippen LogP contribution in [0, 0.1) is 6.92 Å². The molecule has 1 aromatic heterocycles. The molecular weight excluding hydrogens is 335 g/mol. The summed E-state index contributed by atoms with van der Waals surface area (Å²) in [4.78, 5) is 4.10. The highest BCUT2D eigenvalue weighted by molar-refractivity contribution is 9.10. The van der Waals surface area contributed by atoms with E-state index in [-0.39, 0.29) is 0 Å². The second-order valence-corrected chi connectivity index (χ2v) is 5.63. The second-order valence-electron chi connectivity index (χ2n) is 3.90. The lowest BCUT2D eigenvalue weighted by atomic mass is 10.1. The van der Waals surface area contributed by atoms with E-state index >= 15 is 0 Å². The Morgan fingerprint density at radius 2 is 1.94 bits per heavy atom. The molecule has 1 heterocycles. The molecule has 5 heteroatoms. The van der Waals surface area contributed by atoms with Crippen molar-refractivity contribution in [1.82, 2.24) is 4.98 Å². The Morgan fingerprint density at radius 1 is 1.28 bits per heavy atom. The van der Waals surface area contributed by atoms with Crippen molar-refractivity contribution in [1.29, 1.82) is 0 Å². The zero-order valence-corrected chi connectivity index (χ0v) is 12.8. The van der Waals surface area contributed by atoms with E-state index in [2.05, 4.69) is 26.2 Å². The van der Waals surface area contributed by atoms with Crippen LogP contribution in [0.3, 0.4) is 0 Å². The molecule has 0 bridgehead atoms. The number of aromatic nitrogens is 1. The van der Waals surface area contributed by atoms with E-state index in [4.69, 9.17) is 23.2 Å². The van der Waals surface area contributed by atoms with Gasteiger partial charge < -0.3 is 5.32 Å². The molecule has 0 saturated heterocycles. The summed E-state index contributed by atoms with van der Waals surface area (Å²) in [6.45, 7) is 2.68. The number of halogens is 3. The Bertz CT molecular complexity index is 550. The van der Waals surface area contributed by atoms with Crippen LogP contribution in [0.5, 0.6) is 0 Å². The molecule has 0 atom stereocenters. The van der Waals surface area contributed by atoms with Crippen molar-refractivity contribution in [3.05, 3.63) is 56.2 Å². The Hall–Kier alpha value is -0.770. The van der Waals surface area contributed by atoms with Crippen LogP contribution < -0.4 is 5.32 Å². The van der Waals surface area contributed by atoms with Gasteiger partial charge in [-0.3, -0.25) is 4.98 Å². The highest BCUT2D eigenvalue weighted by Crippen LogP contribution is 2.34. The monoisotopic (exact) mass is 344 g/mol. The number of aryl methyl sites for hydroxylation is 1. The van der Waals surface area contributed by atoms with Gasteiger partial charge in [0.25, 0.3) is 0 Å². The topological polar surface area (TPSA) is 24.9 Å². The van der Waals surface area contributed by atoms with Crippen LogP contribution in [0.25, 0.3) is 0 Å². The number of benzene rings is 1. The quantitative estimate of drug-likeness (QED) is 0.839. The zero-order valence-electron chi connectivity index (χ0n) is 9.67. The minimum Gasteiger partial charge on any atom is -0.378 e. The van der Waals surface area contributed by atoms with Gasteiger partial charge in [0, 0.05) is 23.4 Å². The molecule has 1 N–H and O–H groups in total. The number of pyridine rings is 1. The molecule has 18 heavy (non-hydrogen) atoms. The minimum absolute atomic E-state index is 0.593. The lowest BCUT2D eigenvalue weighted by Crippen LogP contribution is -2.03. The average molecular weight is 346 g/mol. The molecule has 1 aromatic carbocycles. The number of hydrogen-bond acceptors (Lipinski definition) is 2. The van der Waals surface area contributed by atoms with E-state index < -0.39 is 0 Å². The molecule has 0 fully saturated rings. The number of nitrogens with one attached hydrogen (secondary N) is 1. The summed E-state index contributed by atoms with van der Waals surface area (Å²) in [5, 5.41) is 4.43. The maximum atomic E-state index is 6.15. The number of rotatable bonds is 3. The zero-order chi connectivity index (χ0) is 13.1. The largest absolute Gasteiger partial charge is 0.378 e. The lowest BCUT2D eigenvalue weighted by Gasteiger charge is -2.12. The molecule has 0 aliphatic heterocycles. The van der Waals surface area contributed by atoms with Crippen LogP contribution in [0.15, 0.2) is 35.1 Å². The number of nitrogens with zero attached hydrogens (tertiary/aromatic N) is 1. The fraction of sp³-hybridized carbons (Fsp3) is 0.154. The third kappa shape index (κ3) is 3.16. The Balaban J connectivity index is 2.19. The van der Waals surface area contributed by atoms with Crippen molar-refractivity contribution >= 4 is 44.8 Å². The normalized spacial score (nSPS) is 10.4. The first kappa shape index (κ1) is 13.7. The van der Waals surface area contributed by atoms with E-state index in [1.165, 1.54) is 5.56 Å². The van der Waals surface area contributed by atoms with Crippen LogP contribution in [0.1, 0.15) is 11.1 Å². The molecule has 0 aliphatic rings. The van der Waals surface area contributed by atoms with Crippen molar-refractivity contribution in [2.45, 2.75) is 13.5 Å². The van der Waals surface area contributed by atoms with Gasteiger partial charge in [0.1, 0.15) is 0 Å². The SMILES string of the molecule is Cc1ccncc1CNc1c(Cl)cc(Br)cc1Cl. The molecule has 2 aromatic rings. The van der Waals surface area contributed by atoms with Crippen LogP contribution in [0.2, 0.25) is 10.0 Å². The van der Waals surface area contributed by atoms with Crippen molar-refractivity contribution in [3.8, 4) is 0 Å². The standard InChI is InChI=1S/C13H11BrCl2N2/c1-8-2-3-17-6-9(8)7-18-13-11(15)4-10(14)5-12(13)16/h2-6,18H,7H2,1H3. The minimum atomic E-state index is 0.593. The predicted molar refractivity (Wildman–Crippen MR) is 80.5 cm³/mol. The van der Waals surface area contributed by atoms with Gasteiger partial charge in [-0.25, -0.2) is 0 Å². The van der Waals surface area contributed by atoms with Crippen molar-refractivity contribution in [3.63, 3.8) is 0 Å². The van der Waals surface area contributed by atoms with Crippen molar-refractivity contribution < 1.29 is 0 Å². The molecule has 2 nitrogen and oxygen atoms in total. The second kappa shape index (κ2) is 5.91. The summed E-state index contributed by atoms with van der Waals surface area (Å²) in [5.41, 5.74) is 3.04. The van der Waals surface area contributed by atoms with Gasteiger partial charge in [-0.05, 0) is 36.2 Å². The van der Waals surface area contributed by atoms with Crippen LogP contribution in [-0.4, -0.2) is 4.98 Å². The maximum absolute atomic E-state index is 6.15. The van der Waals surface area contributed by atoms with Gasteiger partial charge in [0.2, 0.25) is 0 Å². The first-order chi connectivity index (χ1) is 8.58. The van der Waals surface area contributed by atoms with Gasteiger partial charge >= 0.3 is 0 Å². The fourth-order valence-corrected chi connectivity index (χ4v) is 2.92. The van der Waals surface area contributed by atoms with E-state index in [1.807, 2.05) is 31.3 Å². The summed E-state index contributed by atoms with van der Waals surface area (Å²) in [6, 6.07) is 5.60. The molecule has 0 saturated carbocycles. The third-order valence-electron chi connectivity index (χ3n) is 2.61.